The van der Waals surface area contributed by atoms with Crippen molar-refractivity contribution in [2.75, 3.05) is 7.05 Å². The molecule has 1 saturated carbocycles. The van der Waals surface area contributed by atoms with Crippen LogP contribution in [0.15, 0.2) is 0 Å². The third-order valence-corrected chi connectivity index (χ3v) is 4.50. The highest BCUT2D eigenvalue weighted by Crippen LogP contribution is 2.27. The standard InChI is InChI=1S/C14H28N2O/c1-5-14(2,3)16(4)13(17)10-11-6-8-12(15)9-7-11/h11-12H,5-10,15H2,1-4H3. The van der Waals surface area contributed by atoms with E-state index >= 15 is 0 Å². The van der Waals surface area contributed by atoms with E-state index in [9.17, 15) is 4.79 Å². The van der Waals surface area contributed by atoms with Gasteiger partial charge < -0.3 is 10.6 Å². The lowest BCUT2D eigenvalue weighted by Gasteiger charge is -2.36. The van der Waals surface area contributed by atoms with Gasteiger partial charge in [0.2, 0.25) is 5.91 Å². The predicted molar refractivity (Wildman–Crippen MR) is 71.7 cm³/mol. The number of hydrogen-bond acceptors (Lipinski definition) is 2. The Morgan fingerprint density at radius 3 is 2.29 bits per heavy atom. The first-order valence-corrected chi connectivity index (χ1v) is 6.89. The maximum Gasteiger partial charge on any atom is 0.223 e. The molecule has 0 spiro atoms. The predicted octanol–water partition coefficient (Wildman–Crippen LogP) is 2.54. The molecule has 1 aliphatic carbocycles. The van der Waals surface area contributed by atoms with Crippen molar-refractivity contribution in [2.45, 2.75) is 70.9 Å². The van der Waals surface area contributed by atoms with Crippen molar-refractivity contribution in [3.8, 4) is 0 Å². The van der Waals surface area contributed by atoms with Gasteiger partial charge in [-0.3, -0.25) is 4.79 Å². The molecule has 0 atom stereocenters. The molecule has 0 aromatic carbocycles. The first-order valence-electron chi connectivity index (χ1n) is 6.89. The third-order valence-electron chi connectivity index (χ3n) is 4.50. The summed E-state index contributed by atoms with van der Waals surface area (Å²) in [6.45, 7) is 6.38. The molecule has 17 heavy (non-hydrogen) atoms. The van der Waals surface area contributed by atoms with Crippen LogP contribution in [-0.2, 0) is 4.79 Å². The second kappa shape index (κ2) is 5.85. The van der Waals surface area contributed by atoms with Crippen molar-refractivity contribution in [3.05, 3.63) is 0 Å². The van der Waals surface area contributed by atoms with E-state index in [1.165, 1.54) is 0 Å². The summed E-state index contributed by atoms with van der Waals surface area (Å²) in [4.78, 5) is 14.1. The number of hydrogen-bond donors (Lipinski definition) is 1. The molecule has 0 unspecified atom stereocenters. The Morgan fingerprint density at radius 2 is 1.82 bits per heavy atom. The molecule has 0 radical (unpaired) electrons. The monoisotopic (exact) mass is 240 g/mol. The molecule has 1 aliphatic rings. The Bertz CT molecular complexity index is 255. The summed E-state index contributed by atoms with van der Waals surface area (Å²) in [5.41, 5.74) is 5.86. The van der Waals surface area contributed by atoms with Crippen molar-refractivity contribution >= 4 is 5.91 Å². The number of amides is 1. The SMILES string of the molecule is CCC(C)(C)N(C)C(=O)CC1CCC(N)CC1. The van der Waals surface area contributed by atoms with E-state index in [0.717, 1.165) is 32.1 Å². The minimum atomic E-state index is -0.0256. The number of nitrogens with two attached hydrogens (primary N) is 1. The van der Waals surface area contributed by atoms with Crippen LogP contribution in [0.1, 0.15) is 59.3 Å². The maximum atomic E-state index is 12.2. The molecule has 0 aliphatic heterocycles. The van der Waals surface area contributed by atoms with Crippen LogP contribution >= 0.6 is 0 Å². The van der Waals surface area contributed by atoms with Gasteiger partial charge in [-0.05, 0) is 51.9 Å². The average Bonchev–Trinajstić information content (AvgIpc) is 2.31. The van der Waals surface area contributed by atoms with Crippen LogP contribution in [0.5, 0.6) is 0 Å². The molecule has 100 valence electrons. The summed E-state index contributed by atoms with van der Waals surface area (Å²) in [7, 11) is 1.93. The van der Waals surface area contributed by atoms with Gasteiger partial charge in [0.1, 0.15) is 0 Å². The Balaban J connectivity index is 2.44. The van der Waals surface area contributed by atoms with Crippen molar-refractivity contribution in [1.29, 1.82) is 0 Å². The highest BCUT2D eigenvalue weighted by molar-refractivity contribution is 5.76. The van der Waals surface area contributed by atoms with Gasteiger partial charge in [0, 0.05) is 25.0 Å². The lowest BCUT2D eigenvalue weighted by atomic mass is 9.84. The molecule has 0 bridgehead atoms. The summed E-state index contributed by atoms with van der Waals surface area (Å²) in [5.74, 6) is 0.842. The summed E-state index contributed by atoms with van der Waals surface area (Å²) in [6.07, 6.45) is 6.09. The molecule has 1 amide bonds. The molecule has 0 aromatic heterocycles. The van der Waals surface area contributed by atoms with Crippen LogP contribution in [0.3, 0.4) is 0 Å². The van der Waals surface area contributed by atoms with Gasteiger partial charge in [-0.2, -0.15) is 0 Å². The Kier molecular flexibility index (Phi) is 4.99. The van der Waals surface area contributed by atoms with Gasteiger partial charge in [0.05, 0.1) is 0 Å². The second-order valence-corrected chi connectivity index (χ2v) is 6.10. The van der Waals surface area contributed by atoms with Gasteiger partial charge in [-0.15, -0.1) is 0 Å². The minimum Gasteiger partial charge on any atom is -0.341 e. The van der Waals surface area contributed by atoms with Crippen molar-refractivity contribution in [3.63, 3.8) is 0 Å². The van der Waals surface area contributed by atoms with Crippen LogP contribution in [-0.4, -0.2) is 29.4 Å². The Labute approximate surface area is 106 Å². The zero-order chi connectivity index (χ0) is 13.1. The topological polar surface area (TPSA) is 46.3 Å². The van der Waals surface area contributed by atoms with E-state index in [1.807, 2.05) is 11.9 Å². The lowest BCUT2D eigenvalue weighted by molar-refractivity contribution is -0.136. The first kappa shape index (κ1) is 14.5. The van der Waals surface area contributed by atoms with Gasteiger partial charge in [0.15, 0.2) is 0 Å². The molecule has 1 fully saturated rings. The van der Waals surface area contributed by atoms with Crippen LogP contribution in [0, 0.1) is 5.92 Å². The average molecular weight is 240 g/mol. The fraction of sp³-hybridized carbons (Fsp3) is 0.929. The summed E-state index contributed by atoms with van der Waals surface area (Å²) in [5, 5.41) is 0. The Hall–Kier alpha value is -0.570. The zero-order valence-corrected chi connectivity index (χ0v) is 11.8. The first-order chi connectivity index (χ1) is 7.86. The van der Waals surface area contributed by atoms with E-state index in [1.54, 1.807) is 0 Å². The van der Waals surface area contributed by atoms with Crippen LogP contribution in [0.25, 0.3) is 0 Å². The van der Waals surface area contributed by atoms with E-state index in [0.29, 0.717) is 18.4 Å². The van der Waals surface area contributed by atoms with Crippen molar-refractivity contribution < 1.29 is 4.79 Å². The zero-order valence-electron chi connectivity index (χ0n) is 11.8. The smallest absolute Gasteiger partial charge is 0.223 e. The molecule has 0 aromatic rings. The van der Waals surface area contributed by atoms with E-state index in [2.05, 4.69) is 20.8 Å². The molecule has 0 saturated heterocycles. The van der Waals surface area contributed by atoms with E-state index < -0.39 is 0 Å². The molecule has 0 heterocycles. The lowest BCUT2D eigenvalue weighted by Crippen LogP contribution is -2.45. The molecule has 2 N–H and O–H groups in total. The largest absolute Gasteiger partial charge is 0.341 e. The van der Waals surface area contributed by atoms with E-state index in [4.69, 9.17) is 5.73 Å². The fourth-order valence-corrected chi connectivity index (χ4v) is 2.35. The van der Waals surface area contributed by atoms with Gasteiger partial charge in [-0.25, -0.2) is 0 Å². The number of carbonyl (C=O) groups is 1. The molecular formula is C14H28N2O. The fourth-order valence-electron chi connectivity index (χ4n) is 2.35. The highest BCUT2D eigenvalue weighted by atomic mass is 16.2. The normalized spacial score (nSPS) is 25.7. The van der Waals surface area contributed by atoms with Crippen LogP contribution in [0.2, 0.25) is 0 Å². The molecule has 3 nitrogen and oxygen atoms in total. The van der Waals surface area contributed by atoms with Gasteiger partial charge >= 0.3 is 0 Å². The van der Waals surface area contributed by atoms with Crippen molar-refractivity contribution in [2.24, 2.45) is 11.7 Å². The van der Waals surface area contributed by atoms with Crippen LogP contribution in [0.4, 0.5) is 0 Å². The third kappa shape index (κ3) is 3.98. The Morgan fingerprint density at radius 1 is 1.29 bits per heavy atom. The van der Waals surface area contributed by atoms with Crippen molar-refractivity contribution in [1.82, 2.24) is 4.90 Å². The van der Waals surface area contributed by atoms with Crippen LogP contribution < -0.4 is 5.73 Å². The second-order valence-electron chi connectivity index (χ2n) is 6.10. The van der Waals surface area contributed by atoms with Gasteiger partial charge in [0.25, 0.3) is 0 Å². The summed E-state index contributed by atoms with van der Waals surface area (Å²) in [6, 6.07) is 0.367. The minimum absolute atomic E-state index is 0.0256. The number of carbonyl (C=O) groups excluding carboxylic acids is 1. The van der Waals surface area contributed by atoms with Gasteiger partial charge in [-0.1, -0.05) is 6.92 Å². The molecular weight excluding hydrogens is 212 g/mol. The molecule has 1 rings (SSSR count). The quantitative estimate of drug-likeness (QED) is 0.821. The number of nitrogens with zero attached hydrogens (tertiary/aromatic N) is 1. The highest BCUT2D eigenvalue weighted by Gasteiger charge is 2.28. The molecule has 3 heteroatoms. The summed E-state index contributed by atoms with van der Waals surface area (Å²) < 4.78 is 0. The summed E-state index contributed by atoms with van der Waals surface area (Å²) >= 11 is 0. The van der Waals surface area contributed by atoms with E-state index in [-0.39, 0.29) is 11.4 Å². The number of rotatable bonds is 4. The maximum absolute atomic E-state index is 12.2.